The molecule has 23 heavy (non-hydrogen) atoms. The second kappa shape index (κ2) is 8.08. The van der Waals surface area contributed by atoms with Crippen LogP contribution in [0.5, 0.6) is 5.88 Å². The molecule has 6 heteroatoms. The number of pyridine rings is 1. The van der Waals surface area contributed by atoms with Crippen LogP contribution in [0.2, 0.25) is 0 Å². The minimum absolute atomic E-state index is 0.0637. The molecule has 0 radical (unpaired) electrons. The van der Waals surface area contributed by atoms with Crippen LogP contribution >= 0.6 is 11.3 Å². The van der Waals surface area contributed by atoms with Gasteiger partial charge in [0.15, 0.2) is 0 Å². The first-order valence-electron chi connectivity index (χ1n) is 7.58. The van der Waals surface area contributed by atoms with Crippen molar-refractivity contribution >= 4 is 17.2 Å². The van der Waals surface area contributed by atoms with Crippen LogP contribution in [0.1, 0.15) is 35.1 Å². The van der Waals surface area contributed by atoms with Gasteiger partial charge < -0.3 is 15.0 Å². The fourth-order valence-electron chi connectivity index (χ4n) is 2.14. The van der Waals surface area contributed by atoms with E-state index in [1.165, 1.54) is 4.88 Å². The van der Waals surface area contributed by atoms with Crippen molar-refractivity contribution in [2.45, 2.75) is 26.0 Å². The van der Waals surface area contributed by atoms with E-state index in [4.69, 9.17) is 4.74 Å². The Hall–Kier alpha value is -1.92. The standard InChI is InChI=1S/C17H23N3O2S/c1-12(2)22-16-8-7-13(10-18-16)17(21)19-11-14(20(3)4)15-6-5-9-23-15/h5-10,12,14H,11H2,1-4H3,(H,19,21)/t14-/m1/s1. The van der Waals surface area contributed by atoms with Crippen LogP contribution < -0.4 is 10.1 Å². The highest BCUT2D eigenvalue weighted by Crippen LogP contribution is 2.22. The van der Waals surface area contributed by atoms with E-state index < -0.39 is 0 Å². The number of aromatic nitrogens is 1. The fourth-order valence-corrected chi connectivity index (χ4v) is 3.06. The van der Waals surface area contributed by atoms with Gasteiger partial charge in [0.2, 0.25) is 5.88 Å². The largest absolute Gasteiger partial charge is 0.475 e. The minimum Gasteiger partial charge on any atom is -0.475 e. The molecule has 0 spiro atoms. The Morgan fingerprint density at radius 3 is 2.65 bits per heavy atom. The summed E-state index contributed by atoms with van der Waals surface area (Å²) in [6, 6.07) is 7.72. The molecule has 124 valence electrons. The zero-order valence-corrected chi connectivity index (χ0v) is 14.8. The van der Waals surface area contributed by atoms with E-state index in [2.05, 4.69) is 21.3 Å². The number of amides is 1. The lowest BCUT2D eigenvalue weighted by atomic mass is 10.2. The highest BCUT2D eigenvalue weighted by Gasteiger charge is 2.17. The summed E-state index contributed by atoms with van der Waals surface area (Å²) < 4.78 is 5.48. The zero-order valence-electron chi connectivity index (χ0n) is 13.9. The van der Waals surface area contributed by atoms with Crippen LogP contribution in [0.25, 0.3) is 0 Å². The Morgan fingerprint density at radius 2 is 2.13 bits per heavy atom. The molecule has 0 unspecified atom stereocenters. The molecule has 0 aromatic carbocycles. The van der Waals surface area contributed by atoms with Gasteiger partial charge in [-0.15, -0.1) is 11.3 Å². The minimum atomic E-state index is -0.128. The molecular formula is C17H23N3O2S. The Balaban J connectivity index is 1.95. The van der Waals surface area contributed by atoms with Crippen molar-refractivity contribution in [2.24, 2.45) is 0 Å². The van der Waals surface area contributed by atoms with Gasteiger partial charge in [0.1, 0.15) is 0 Å². The zero-order chi connectivity index (χ0) is 16.8. The lowest BCUT2D eigenvalue weighted by Crippen LogP contribution is -2.34. The number of carbonyl (C=O) groups is 1. The van der Waals surface area contributed by atoms with Gasteiger partial charge in [-0.2, -0.15) is 0 Å². The van der Waals surface area contributed by atoms with Gasteiger partial charge in [-0.1, -0.05) is 6.07 Å². The molecule has 0 bridgehead atoms. The van der Waals surface area contributed by atoms with E-state index in [-0.39, 0.29) is 18.1 Å². The van der Waals surface area contributed by atoms with Crippen LogP contribution in [-0.4, -0.2) is 42.5 Å². The SMILES string of the molecule is CC(C)Oc1ccc(C(=O)NC[C@H](c2cccs2)N(C)C)cn1. The summed E-state index contributed by atoms with van der Waals surface area (Å²) in [7, 11) is 4.02. The Kier molecular flexibility index (Phi) is 6.12. The number of carbonyl (C=O) groups excluding carboxylic acids is 1. The summed E-state index contributed by atoms with van der Waals surface area (Å²) in [6.45, 7) is 4.43. The van der Waals surface area contributed by atoms with Crippen molar-refractivity contribution in [1.29, 1.82) is 0 Å². The number of nitrogens with zero attached hydrogens (tertiary/aromatic N) is 2. The summed E-state index contributed by atoms with van der Waals surface area (Å²) >= 11 is 1.69. The van der Waals surface area contributed by atoms with E-state index in [1.54, 1.807) is 29.7 Å². The number of likely N-dealkylation sites (N-methyl/N-ethyl adjacent to an activating group) is 1. The van der Waals surface area contributed by atoms with Crippen molar-refractivity contribution < 1.29 is 9.53 Å². The summed E-state index contributed by atoms with van der Waals surface area (Å²) in [5.74, 6) is 0.401. The van der Waals surface area contributed by atoms with Crippen LogP contribution in [0.4, 0.5) is 0 Å². The van der Waals surface area contributed by atoms with Crippen molar-refractivity contribution in [3.8, 4) is 5.88 Å². The molecule has 1 amide bonds. The molecule has 2 aromatic rings. The summed E-state index contributed by atoms with van der Waals surface area (Å²) in [6.07, 6.45) is 1.61. The second-order valence-electron chi connectivity index (χ2n) is 5.76. The first kappa shape index (κ1) is 17.4. The van der Waals surface area contributed by atoms with Gasteiger partial charge >= 0.3 is 0 Å². The predicted molar refractivity (Wildman–Crippen MR) is 93.1 cm³/mol. The van der Waals surface area contributed by atoms with Crippen molar-refractivity contribution in [3.05, 3.63) is 46.3 Å². The van der Waals surface area contributed by atoms with Crippen LogP contribution in [0, 0.1) is 0 Å². The molecule has 0 saturated heterocycles. The number of thiophene rings is 1. The number of hydrogen-bond acceptors (Lipinski definition) is 5. The predicted octanol–water partition coefficient (Wildman–Crippen LogP) is 2.96. The molecular weight excluding hydrogens is 310 g/mol. The van der Waals surface area contributed by atoms with Gasteiger partial charge in [0, 0.05) is 23.7 Å². The van der Waals surface area contributed by atoms with E-state index >= 15 is 0 Å². The molecule has 1 N–H and O–H groups in total. The average Bonchev–Trinajstić information content (AvgIpc) is 3.01. The fraction of sp³-hybridized carbons (Fsp3) is 0.412. The van der Waals surface area contributed by atoms with Crippen LogP contribution in [-0.2, 0) is 0 Å². The maximum atomic E-state index is 12.3. The third-order valence-corrected chi connectivity index (χ3v) is 4.28. The number of hydrogen-bond donors (Lipinski definition) is 1. The lowest BCUT2D eigenvalue weighted by molar-refractivity contribution is 0.0942. The van der Waals surface area contributed by atoms with Crippen LogP contribution in [0.3, 0.4) is 0 Å². The Morgan fingerprint density at radius 1 is 1.35 bits per heavy atom. The maximum absolute atomic E-state index is 12.3. The van der Waals surface area contributed by atoms with E-state index in [9.17, 15) is 4.79 Å². The first-order chi connectivity index (χ1) is 11.0. The molecule has 0 aliphatic carbocycles. The van der Waals surface area contributed by atoms with E-state index in [1.807, 2.05) is 39.4 Å². The molecule has 0 aliphatic heterocycles. The smallest absolute Gasteiger partial charge is 0.252 e. The highest BCUT2D eigenvalue weighted by atomic mass is 32.1. The van der Waals surface area contributed by atoms with Gasteiger partial charge in [-0.05, 0) is 45.5 Å². The molecule has 0 aliphatic rings. The third-order valence-electron chi connectivity index (χ3n) is 3.31. The Labute approximate surface area is 141 Å². The van der Waals surface area contributed by atoms with E-state index in [0.717, 1.165) is 0 Å². The summed E-state index contributed by atoms with van der Waals surface area (Å²) in [4.78, 5) is 19.8. The summed E-state index contributed by atoms with van der Waals surface area (Å²) in [5.41, 5.74) is 0.532. The maximum Gasteiger partial charge on any atom is 0.252 e. The lowest BCUT2D eigenvalue weighted by Gasteiger charge is -2.23. The molecule has 2 rings (SSSR count). The number of ether oxygens (including phenoxy) is 1. The van der Waals surface area contributed by atoms with E-state index in [0.29, 0.717) is 18.0 Å². The van der Waals surface area contributed by atoms with Gasteiger partial charge in [-0.25, -0.2) is 4.98 Å². The van der Waals surface area contributed by atoms with Gasteiger partial charge in [0.05, 0.1) is 17.7 Å². The monoisotopic (exact) mass is 333 g/mol. The molecule has 2 aromatic heterocycles. The third kappa shape index (κ3) is 5.04. The van der Waals surface area contributed by atoms with Crippen molar-refractivity contribution in [1.82, 2.24) is 15.2 Å². The molecule has 1 atom stereocenters. The van der Waals surface area contributed by atoms with Gasteiger partial charge in [0.25, 0.3) is 5.91 Å². The normalized spacial score (nSPS) is 12.4. The topological polar surface area (TPSA) is 54.5 Å². The second-order valence-corrected chi connectivity index (χ2v) is 6.74. The Bertz CT molecular complexity index is 609. The first-order valence-corrected chi connectivity index (χ1v) is 8.46. The average molecular weight is 333 g/mol. The molecule has 0 saturated carbocycles. The quantitative estimate of drug-likeness (QED) is 0.846. The number of nitrogens with one attached hydrogen (secondary N) is 1. The van der Waals surface area contributed by atoms with Gasteiger partial charge in [-0.3, -0.25) is 4.79 Å². The van der Waals surface area contributed by atoms with Crippen molar-refractivity contribution in [2.75, 3.05) is 20.6 Å². The molecule has 0 fully saturated rings. The highest BCUT2D eigenvalue weighted by molar-refractivity contribution is 7.10. The van der Waals surface area contributed by atoms with Crippen molar-refractivity contribution in [3.63, 3.8) is 0 Å². The van der Waals surface area contributed by atoms with Crippen LogP contribution in [0.15, 0.2) is 35.8 Å². The summed E-state index contributed by atoms with van der Waals surface area (Å²) in [5, 5.41) is 5.02. The molecule has 5 nitrogen and oxygen atoms in total. The number of rotatable bonds is 7. The molecule has 2 heterocycles.